The Balaban J connectivity index is 1.02. The highest BCUT2D eigenvalue weighted by Crippen LogP contribution is 2.42. The van der Waals surface area contributed by atoms with Gasteiger partial charge in [0.2, 0.25) is 17.7 Å². The Morgan fingerprint density at radius 3 is 2.41 bits per heavy atom. The van der Waals surface area contributed by atoms with Crippen LogP contribution in [-0.2, 0) is 27.9 Å². The number of fused-ring (bicyclic) bond motifs is 2. The molecule has 1 atom stereocenters. The molecule has 3 aliphatic heterocycles. The Kier molecular flexibility index (Phi) is 11.9. The van der Waals surface area contributed by atoms with Crippen molar-refractivity contribution in [2.45, 2.75) is 51.7 Å². The number of aromatic amines is 1. The summed E-state index contributed by atoms with van der Waals surface area (Å²) < 4.78 is 68.0. The smallest absolute Gasteiger partial charge is 0.387 e. The van der Waals surface area contributed by atoms with Crippen molar-refractivity contribution in [3.63, 3.8) is 0 Å². The molecule has 0 spiro atoms. The Hall–Kier alpha value is -6.43. The number of hydrogen-bond acceptors (Lipinski definition) is 8. The predicted molar refractivity (Wildman–Crippen MR) is 229 cm³/mol. The maximum atomic E-state index is 16.5. The lowest BCUT2D eigenvalue weighted by atomic mass is 9.92. The number of anilines is 1. The first-order valence-electron chi connectivity index (χ1n) is 20.9. The van der Waals surface area contributed by atoms with Crippen LogP contribution in [0.3, 0.4) is 0 Å². The zero-order valence-corrected chi connectivity index (χ0v) is 35.4. The van der Waals surface area contributed by atoms with Crippen LogP contribution in [0.15, 0.2) is 53.3 Å². The van der Waals surface area contributed by atoms with Crippen LogP contribution in [0, 0.1) is 11.6 Å². The quantitative estimate of drug-likeness (QED) is 0.132. The third-order valence-corrected chi connectivity index (χ3v) is 12.4. The first-order valence-corrected chi connectivity index (χ1v) is 20.9. The van der Waals surface area contributed by atoms with Gasteiger partial charge in [-0.1, -0.05) is 6.08 Å². The molecule has 2 saturated heterocycles. The first kappa shape index (κ1) is 43.2. The number of aryl methyl sites for hydroxylation is 2. The molecule has 1 unspecified atom stereocenters. The number of hydrogen-bond donors (Lipinski definition) is 2. The number of nitrogens with one attached hydrogen (secondary N) is 2. The summed E-state index contributed by atoms with van der Waals surface area (Å²) in [6.45, 7) is 1.83. The van der Waals surface area contributed by atoms with Gasteiger partial charge in [0.1, 0.15) is 23.3 Å². The summed E-state index contributed by atoms with van der Waals surface area (Å²) in [7, 11) is 4.67. The van der Waals surface area contributed by atoms with Crippen LogP contribution in [0.5, 0.6) is 5.75 Å². The van der Waals surface area contributed by atoms with Gasteiger partial charge in [-0.2, -0.15) is 8.78 Å². The molecule has 3 aliphatic rings. The second kappa shape index (κ2) is 17.4. The zero-order chi connectivity index (χ0) is 44.9. The Morgan fingerprint density at radius 2 is 1.71 bits per heavy atom. The Bertz CT molecular complexity index is 2750. The number of imide groups is 1. The highest BCUT2D eigenvalue weighted by molar-refractivity contribution is 6.05. The number of imidazole rings is 1. The molecule has 0 radical (unpaired) electrons. The molecule has 5 aromatic rings. The average Bonchev–Trinajstić information content (AvgIpc) is 3.81. The summed E-state index contributed by atoms with van der Waals surface area (Å²) >= 11 is 0. The van der Waals surface area contributed by atoms with Crippen molar-refractivity contribution in [3.8, 4) is 16.9 Å². The number of aromatic nitrogens is 3. The van der Waals surface area contributed by atoms with Crippen LogP contribution in [-0.4, -0.2) is 119 Å². The number of benzene rings is 3. The van der Waals surface area contributed by atoms with Crippen LogP contribution < -0.4 is 20.6 Å². The van der Waals surface area contributed by atoms with Gasteiger partial charge in [0.15, 0.2) is 5.82 Å². The van der Waals surface area contributed by atoms with Crippen LogP contribution in [0.1, 0.15) is 60.3 Å². The molecule has 0 saturated carbocycles. The van der Waals surface area contributed by atoms with Gasteiger partial charge in [-0.05, 0) is 79.8 Å². The minimum atomic E-state index is -3.18. The zero-order valence-electron chi connectivity index (χ0n) is 35.4. The highest BCUT2D eigenvalue weighted by atomic mass is 19.3. The molecule has 332 valence electrons. The fraction of sp³-hybridized carbons (Fsp3) is 0.400. The van der Waals surface area contributed by atoms with E-state index in [1.165, 1.54) is 45.2 Å². The lowest BCUT2D eigenvalue weighted by Crippen LogP contribution is -2.46. The van der Waals surface area contributed by atoms with Crippen molar-refractivity contribution in [2.75, 3.05) is 64.8 Å². The molecular weight excluding hydrogens is 825 g/mol. The summed E-state index contributed by atoms with van der Waals surface area (Å²) in [5.41, 5.74) is 2.83. The van der Waals surface area contributed by atoms with Crippen molar-refractivity contribution < 1.29 is 41.5 Å². The topological polar surface area (TPSA) is 145 Å². The van der Waals surface area contributed by atoms with Crippen molar-refractivity contribution >= 4 is 56.8 Å². The monoisotopic (exact) mass is 872 g/mol. The number of piperidine rings is 1. The Labute approximate surface area is 359 Å². The number of rotatable bonds is 11. The van der Waals surface area contributed by atoms with Gasteiger partial charge in [-0.25, -0.2) is 13.6 Å². The standard InChI is InChI=1S/C45H48F4N8O6/c1-25(58)56-16-5-7-26(24-56)30-22-31(32-23-34(43(61)52(2)3)50-40(32)39(30)47)28-10-9-27(21-37(28)63-44(48)49)55-19-17-54(18-20-55)15-6-8-29-33(46)11-12-35-41(29)53(4)45(62)57(35)36-13-14-38(59)51-42(36)60/h7,9-12,21-23,36,44,50H,5-6,8,13-20,24H2,1-4H3,(H,51,59,60). The lowest BCUT2D eigenvalue weighted by Gasteiger charge is -2.36. The van der Waals surface area contributed by atoms with E-state index >= 15 is 8.78 Å². The van der Waals surface area contributed by atoms with Gasteiger partial charge in [0.05, 0.1) is 16.6 Å². The fourth-order valence-corrected chi connectivity index (χ4v) is 9.11. The second-order valence-electron chi connectivity index (χ2n) is 16.5. The van der Waals surface area contributed by atoms with E-state index in [1.54, 1.807) is 44.2 Å². The number of nitrogens with zero attached hydrogens (tertiary/aromatic N) is 6. The molecular formula is C45H48F4N8O6. The van der Waals surface area contributed by atoms with Crippen molar-refractivity contribution in [1.29, 1.82) is 0 Å². The van der Waals surface area contributed by atoms with Crippen molar-refractivity contribution in [3.05, 3.63) is 87.5 Å². The summed E-state index contributed by atoms with van der Waals surface area (Å²) in [4.78, 5) is 73.3. The van der Waals surface area contributed by atoms with Crippen LogP contribution in [0.4, 0.5) is 23.2 Å². The number of H-pyrrole nitrogens is 1. The van der Waals surface area contributed by atoms with Crippen LogP contribution in [0.25, 0.3) is 38.6 Å². The lowest BCUT2D eigenvalue weighted by molar-refractivity contribution is -0.135. The number of piperazine rings is 1. The van der Waals surface area contributed by atoms with E-state index in [0.717, 1.165) is 0 Å². The minimum Gasteiger partial charge on any atom is -0.434 e. The third-order valence-electron chi connectivity index (χ3n) is 12.4. The molecule has 14 nitrogen and oxygen atoms in total. The molecule has 2 aromatic heterocycles. The summed E-state index contributed by atoms with van der Waals surface area (Å²) in [5, 5.41) is 2.59. The molecule has 63 heavy (non-hydrogen) atoms. The number of carbonyl (C=O) groups is 4. The number of alkyl halides is 2. The van der Waals surface area contributed by atoms with E-state index in [4.69, 9.17) is 4.74 Å². The van der Waals surface area contributed by atoms with E-state index in [-0.39, 0.29) is 53.4 Å². The molecule has 8 rings (SSSR count). The van der Waals surface area contributed by atoms with Gasteiger partial charge in [-0.15, -0.1) is 0 Å². The minimum absolute atomic E-state index is 0.0193. The molecule has 3 aromatic carbocycles. The number of amides is 4. The van der Waals surface area contributed by atoms with Gasteiger partial charge < -0.3 is 24.4 Å². The van der Waals surface area contributed by atoms with E-state index in [1.807, 2.05) is 11.0 Å². The van der Waals surface area contributed by atoms with E-state index in [9.17, 15) is 32.8 Å². The van der Waals surface area contributed by atoms with Gasteiger partial charge in [0, 0.05) is 108 Å². The molecule has 0 bridgehead atoms. The molecule has 18 heteroatoms. The maximum Gasteiger partial charge on any atom is 0.387 e. The summed E-state index contributed by atoms with van der Waals surface area (Å²) in [5.74, 6) is -2.77. The first-order chi connectivity index (χ1) is 30.1. The van der Waals surface area contributed by atoms with E-state index in [0.29, 0.717) is 97.3 Å². The predicted octanol–water partition coefficient (Wildman–Crippen LogP) is 5.44. The summed E-state index contributed by atoms with van der Waals surface area (Å²) in [6, 6.07) is 9.96. The summed E-state index contributed by atoms with van der Waals surface area (Å²) in [6.07, 6.45) is 3.50. The maximum absolute atomic E-state index is 16.5. The second-order valence-corrected chi connectivity index (χ2v) is 16.5. The normalized spacial score (nSPS) is 17.5. The van der Waals surface area contributed by atoms with Gasteiger partial charge >= 0.3 is 12.3 Å². The van der Waals surface area contributed by atoms with Crippen LogP contribution >= 0.6 is 0 Å². The number of ether oxygens (including phenoxy) is 1. The SMILES string of the molecule is CC(=O)N1CCC=C(c2cc(-c3ccc(N4CCN(CCCc5c(F)ccc6c5n(C)c(=O)n6C5CCC(=O)NC5=O)CC4)cc3OC(F)F)c3cc(C(=O)N(C)C)[nH]c3c2F)C1. The van der Waals surface area contributed by atoms with Crippen molar-refractivity contribution in [2.24, 2.45) is 7.05 Å². The Morgan fingerprint density at radius 1 is 0.952 bits per heavy atom. The third kappa shape index (κ3) is 8.31. The number of carbonyl (C=O) groups excluding carboxylic acids is 4. The molecule has 2 N–H and O–H groups in total. The van der Waals surface area contributed by atoms with Gasteiger partial charge in [-0.3, -0.25) is 38.5 Å². The van der Waals surface area contributed by atoms with E-state index in [2.05, 4.69) is 15.2 Å². The van der Waals surface area contributed by atoms with E-state index < -0.39 is 47.7 Å². The highest BCUT2D eigenvalue weighted by Gasteiger charge is 2.33. The molecule has 4 amide bonds. The largest absolute Gasteiger partial charge is 0.434 e. The van der Waals surface area contributed by atoms with Crippen LogP contribution in [0.2, 0.25) is 0 Å². The van der Waals surface area contributed by atoms with Gasteiger partial charge in [0.25, 0.3) is 5.91 Å². The fourth-order valence-electron chi connectivity index (χ4n) is 9.11. The molecule has 0 aliphatic carbocycles. The van der Waals surface area contributed by atoms with Crippen molar-refractivity contribution in [1.82, 2.24) is 34.1 Å². The molecule has 2 fully saturated rings. The molecule has 5 heterocycles. The number of halogens is 4. The average molecular weight is 873 g/mol.